The van der Waals surface area contributed by atoms with Crippen molar-refractivity contribution in [1.29, 1.82) is 0 Å². The van der Waals surface area contributed by atoms with Crippen LogP contribution in [0.5, 0.6) is 0 Å². The average molecular weight is 193 g/mol. The third kappa shape index (κ3) is 3.90. The van der Waals surface area contributed by atoms with Crippen molar-refractivity contribution in [1.82, 2.24) is 0 Å². The zero-order valence-electron chi connectivity index (χ0n) is 9.24. The Kier molecular flexibility index (Phi) is 4.11. The van der Waals surface area contributed by atoms with Gasteiger partial charge in [0.05, 0.1) is 20.6 Å². The molecule has 0 unspecified atom stereocenters. The summed E-state index contributed by atoms with van der Waals surface area (Å²) >= 11 is 0. The van der Waals surface area contributed by atoms with E-state index in [-0.39, 0.29) is 0 Å². The van der Waals surface area contributed by atoms with Gasteiger partial charge in [-0.2, -0.15) is 0 Å². The first kappa shape index (κ1) is 11.2. The van der Waals surface area contributed by atoms with E-state index in [2.05, 4.69) is 44.4 Å². The summed E-state index contributed by atoms with van der Waals surface area (Å²) in [5.74, 6) is 0. The minimum absolute atomic E-state index is 0.788. The van der Waals surface area contributed by atoms with Gasteiger partial charge in [0.2, 0.25) is 0 Å². The highest BCUT2D eigenvalue weighted by Gasteiger charge is 2.14. The molecule has 0 saturated heterocycles. The molecule has 0 atom stereocenters. The van der Waals surface area contributed by atoms with Crippen LogP contribution in [0.3, 0.4) is 0 Å². The van der Waals surface area contributed by atoms with Gasteiger partial charge in [0.1, 0.15) is 6.54 Å². The van der Waals surface area contributed by atoms with E-state index in [9.17, 15) is 0 Å². The Bertz CT molecular complexity index is 254. The molecule has 2 nitrogen and oxygen atoms in total. The molecule has 2 heteroatoms. The first-order valence-corrected chi connectivity index (χ1v) is 5.20. The van der Waals surface area contributed by atoms with E-state index in [1.165, 1.54) is 5.56 Å². The van der Waals surface area contributed by atoms with Crippen molar-refractivity contribution >= 4 is 0 Å². The van der Waals surface area contributed by atoms with E-state index in [0.717, 1.165) is 30.5 Å². The van der Waals surface area contributed by atoms with Crippen molar-refractivity contribution in [3.8, 4) is 0 Å². The number of nitrogens with two attached hydrogens (primary N) is 1. The van der Waals surface area contributed by atoms with Crippen LogP contribution in [0.15, 0.2) is 30.3 Å². The predicted molar refractivity (Wildman–Crippen MR) is 60.8 cm³/mol. The summed E-state index contributed by atoms with van der Waals surface area (Å²) in [5, 5.41) is 0. The average Bonchev–Trinajstić information content (AvgIpc) is 2.16. The molecule has 78 valence electrons. The van der Waals surface area contributed by atoms with E-state index >= 15 is 0 Å². The Hall–Kier alpha value is -0.860. The van der Waals surface area contributed by atoms with Gasteiger partial charge in [-0.05, 0) is 6.54 Å². The molecular formula is C12H21N2+. The smallest absolute Gasteiger partial charge is 0.104 e. The Morgan fingerprint density at radius 2 is 1.79 bits per heavy atom. The van der Waals surface area contributed by atoms with Crippen LogP contribution in [-0.4, -0.2) is 31.7 Å². The predicted octanol–water partition coefficient (Wildman–Crippen LogP) is 1.61. The van der Waals surface area contributed by atoms with E-state index in [0.29, 0.717) is 0 Å². The fourth-order valence-corrected chi connectivity index (χ4v) is 1.68. The van der Waals surface area contributed by atoms with Gasteiger partial charge in [0.15, 0.2) is 0 Å². The first-order valence-electron chi connectivity index (χ1n) is 5.20. The van der Waals surface area contributed by atoms with Crippen molar-refractivity contribution < 1.29 is 4.48 Å². The van der Waals surface area contributed by atoms with Gasteiger partial charge in [-0.15, -0.1) is 0 Å². The molecule has 0 saturated carbocycles. The summed E-state index contributed by atoms with van der Waals surface area (Å²) in [6, 6.07) is 10.6. The Morgan fingerprint density at radius 1 is 1.14 bits per heavy atom. The van der Waals surface area contributed by atoms with Gasteiger partial charge in [-0.3, -0.25) is 0 Å². The molecular weight excluding hydrogens is 172 g/mol. The van der Waals surface area contributed by atoms with Crippen molar-refractivity contribution in [2.24, 2.45) is 5.73 Å². The Labute approximate surface area is 86.9 Å². The van der Waals surface area contributed by atoms with Crippen LogP contribution in [0.2, 0.25) is 0 Å². The van der Waals surface area contributed by atoms with Gasteiger partial charge in [0, 0.05) is 12.0 Å². The zero-order valence-corrected chi connectivity index (χ0v) is 9.24. The largest absolute Gasteiger partial charge is 0.330 e. The number of hydrogen-bond donors (Lipinski definition) is 1. The number of quaternary nitrogens is 1. The molecule has 0 aliphatic rings. The summed E-state index contributed by atoms with van der Waals surface area (Å²) in [4.78, 5) is 0. The highest BCUT2D eigenvalue weighted by molar-refractivity contribution is 5.13. The lowest BCUT2D eigenvalue weighted by Crippen LogP contribution is -2.40. The Morgan fingerprint density at radius 3 is 2.36 bits per heavy atom. The normalized spacial score (nSPS) is 11.6. The lowest BCUT2D eigenvalue weighted by Gasteiger charge is -2.29. The maximum atomic E-state index is 5.52. The topological polar surface area (TPSA) is 26.0 Å². The molecule has 0 bridgehead atoms. The molecule has 0 radical (unpaired) electrons. The maximum absolute atomic E-state index is 5.52. The second-order valence-electron chi connectivity index (χ2n) is 4.45. The van der Waals surface area contributed by atoms with Gasteiger partial charge in [0.25, 0.3) is 0 Å². The molecule has 0 amide bonds. The number of nitrogens with zero attached hydrogens (tertiary/aromatic N) is 1. The van der Waals surface area contributed by atoms with E-state index in [1.807, 2.05) is 0 Å². The molecule has 1 aromatic carbocycles. The van der Waals surface area contributed by atoms with Crippen LogP contribution in [0.4, 0.5) is 0 Å². The molecule has 14 heavy (non-hydrogen) atoms. The summed E-state index contributed by atoms with van der Waals surface area (Å²) in [7, 11) is 4.51. The third-order valence-electron chi connectivity index (χ3n) is 2.42. The molecule has 0 aliphatic heterocycles. The molecule has 1 rings (SSSR count). The fourth-order valence-electron chi connectivity index (χ4n) is 1.68. The summed E-state index contributed by atoms with van der Waals surface area (Å²) in [6.07, 6.45) is 1.10. The van der Waals surface area contributed by atoms with Crippen molar-refractivity contribution in [3.05, 3.63) is 35.9 Å². The van der Waals surface area contributed by atoms with Crippen LogP contribution in [0.25, 0.3) is 0 Å². The minimum atomic E-state index is 0.788. The monoisotopic (exact) mass is 193 g/mol. The lowest BCUT2D eigenvalue weighted by atomic mass is 10.2. The molecule has 0 aromatic heterocycles. The molecule has 2 N–H and O–H groups in total. The van der Waals surface area contributed by atoms with Gasteiger partial charge < -0.3 is 10.2 Å². The maximum Gasteiger partial charge on any atom is 0.104 e. The Balaban J connectivity index is 2.50. The molecule has 0 fully saturated rings. The SMILES string of the molecule is C[N+](C)(CCCN)Cc1ccccc1. The molecule has 0 spiro atoms. The highest BCUT2D eigenvalue weighted by atomic mass is 15.3. The zero-order chi connectivity index (χ0) is 10.4. The highest BCUT2D eigenvalue weighted by Crippen LogP contribution is 2.09. The van der Waals surface area contributed by atoms with Crippen LogP contribution < -0.4 is 5.73 Å². The summed E-state index contributed by atoms with van der Waals surface area (Å²) < 4.78 is 1.02. The van der Waals surface area contributed by atoms with Crippen molar-refractivity contribution in [2.75, 3.05) is 27.2 Å². The standard InChI is InChI=1S/C12H21N2/c1-14(2,10-6-9-13)11-12-7-4-3-5-8-12/h3-5,7-8H,6,9-11,13H2,1-2H3/q+1. The molecule has 1 aromatic rings. The lowest BCUT2D eigenvalue weighted by molar-refractivity contribution is -0.903. The van der Waals surface area contributed by atoms with E-state index < -0.39 is 0 Å². The summed E-state index contributed by atoms with van der Waals surface area (Å²) in [6.45, 7) is 3.02. The minimum Gasteiger partial charge on any atom is -0.330 e. The molecule has 0 heterocycles. The number of benzene rings is 1. The van der Waals surface area contributed by atoms with Crippen molar-refractivity contribution in [2.45, 2.75) is 13.0 Å². The van der Waals surface area contributed by atoms with Gasteiger partial charge in [-0.1, -0.05) is 30.3 Å². The van der Waals surface area contributed by atoms with E-state index in [1.54, 1.807) is 0 Å². The van der Waals surface area contributed by atoms with Crippen LogP contribution in [-0.2, 0) is 6.54 Å². The van der Waals surface area contributed by atoms with Crippen molar-refractivity contribution in [3.63, 3.8) is 0 Å². The van der Waals surface area contributed by atoms with E-state index in [4.69, 9.17) is 5.73 Å². The van der Waals surface area contributed by atoms with Gasteiger partial charge >= 0.3 is 0 Å². The van der Waals surface area contributed by atoms with Gasteiger partial charge in [-0.25, -0.2) is 0 Å². The fraction of sp³-hybridized carbons (Fsp3) is 0.500. The van der Waals surface area contributed by atoms with Crippen LogP contribution in [0, 0.1) is 0 Å². The second kappa shape index (κ2) is 5.13. The van der Waals surface area contributed by atoms with Crippen LogP contribution in [0.1, 0.15) is 12.0 Å². The second-order valence-corrected chi connectivity index (χ2v) is 4.45. The number of rotatable bonds is 5. The third-order valence-corrected chi connectivity index (χ3v) is 2.42. The summed E-state index contributed by atoms with van der Waals surface area (Å²) in [5.41, 5.74) is 6.92. The first-order chi connectivity index (χ1) is 6.64. The number of hydrogen-bond acceptors (Lipinski definition) is 1. The molecule has 0 aliphatic carbocycles. The quantitative estimate of drug-likeness (QED) is 0.706. The van der Waals surface area contributed by atoms with Crippen LogP contribution >= 0.6 is 0 Å².